The van der Waals surface area contributed by atoms with Crippen LogP contribution in [0.5, 0.6) is 0 Å². The standard InChI is InChI=1S/C13H22N2O2S/c1-10(2)5-4-8-15-18(16,17)13-7-6-12(14)9-11(13)3/h6-7,9-10,15H,4-5,8,14H2,1-3H3. The van der Waals surface area contributed by atoms with E-state index >= 15 is 0 Å². The summed E-state index contributed by atoms with van der Waals surface area (Å²) in [6, 6.07) is 4.83. The Balaban J connectivity index is 2.69. The molecule has 0 saturated carbocycles. The number of benzene rings is 1. The predicted octanol–water partition coefficient (Wildman–Crippen LogP) is 2.29. The Bertz CT molecular complexity index is 496. The van der Waals surface area contributed by atoms with Gasteiger partial charge in [-0.05, 0) is 49.4 Å². The van der Waals surface area contributed by atoms with Crippen molar-refractivity contribution in [3.63, 3.8) is 0 Å². The lowest BCUT2D eigenvalue weighted by Crippen LogP contribution is -2.25. The van der Waals surface area contributed by atoms with E-state index in [1.807, 2.05) is 0 Å². The summed E-state index contributed by atoms with van der Waals surface area (Å²) in [6.07, 6.45) is 1.87. The fourth-order valence-electron chi connectivity index (χ4n) is 1.77. The number of nitrogens with two attached hydrogens (primary N) is 1. The summed E-state index contributed by atoms with van der Waals surface area (Å²) < 4.78 is 26.7. The molecule has 3 N–H and O–H groups in total. The molecule has 0 amide bonds. The molecule has 1 rings (SSSR count). The molecule has 0 aliphatic rings. The van der Waals surface area contributed by atoms with Gasteiger partial charge in [-0.3, -0.25) is 0 Å². The molecular formula is C13H22N2O2S. The van der Waals surface area contributed by atoms with Gasteiger partial charge >= 0.3 is 0 Å². The van der Waals surface area contributed by atoms with Crippen molar-refractivity contribution in [2.24, 2.45) is 5.92 Å². The quantitative estimate of drug-likeness (QED) is 0.615. The summed E-state index contributed by atoms with van der Waals surface area (Å²) >= 11 is 0. The lowest BCUT2D eigenvalue weighted by molar-refractivity contribution is 0.539. The summed E-state index contributed by atoms with van der Waals surface area (Å²) in [4.78, 5) is 0.307. The summed E-state index contributed by atoms with van der Waals surface area (Å²) in [5.41, 5.74) is 6.86. The molecule has 1 aromatic carbocycles. The van der Waals surface area contributed by atoms with Crippen LogP contribution in [0.25, 0.3) is 0 Å². The lowest BCUT2D eigenvalue weighted by Gasteiger charge is -2.10. The van der Waals surface area contributed by atoms with Gasteiger partial charge in [0.25, 0.3) is 0 Å². The van der Waals surface area contributed by atoms with Gasteiger partial charge in [-0.2, -0.15) is 0 Å². The number of rotatable bonds is 6. The second kappa shape index (κ2) is 6.20. The molecule has 5 heteroatoms. The lowest BCUT2D eigenvalue weighted by atomic mass is 10.1. The number of anilines is 1. The Hall–Kier alpha value is -1.07. The van der Waals surface area contributed by atoms with Crippen molar-refractivity contribution < 1.29 is 8.42 Å². The minimum Gasteiger partial charge on any atom is -0.399 e. The molecule has 18 heavy (non-hydrogen) atoms. The fourth-order valence-corrected chi connectivity index (χ4v) is 3.07. The number of hydrogen-bond donors (Lipinski definition) is 2. The Labute approximate surface area is 110 Å². The maximum Gasteiger partial charge on any atom is 0.240 e. The van der Waals surface area contributed by atoms with E-state index < -0.39 is 10.0 Å². The second-order valence-electron chi connectivity index (χ2n) is 4.96. The monoisotopic (exact) mass is 270 g/mol. The van der Waals surface area contributed by atoms with Gasteiger partial charge in [0.15, 0.2) is 0 Å². The second-order valence-corrected chi connectivity index (χ2v) is 6.69. The third-order valence-corrected chi connectivity index (χ3v) is 4.36. The van der Waals surface area contributed by atoms with Crippen LogP contribution >= 0.6 is 0 Å². The van der Waals surface area contributed by atoms with Crippen LogP contribution in [-0.2, 0) is 10.0 Å². The first-order valence-corrected chi connectivity index (χ1v) is 7.67. The Kier molecular flexibility index (Phi) is 5.16. The van der Waals surface area contributed by atoms with Gasteiger partial charge in [0.05, 0.1) is 4.90 Å². The highest BCUT2D eigenvalue weighted by Crippen LogP contribution is 2.17. The van der Waals surface area contributed by atoms with Crippen molar-refractivity contribution in [2.75, 3.05) is 12.3 Å². The Morgan fingerprint density at radius 2 is 2.00 bits per heavy atom. The van der Waals surface area contributed by atoms with Crippen LogP contribution in [-0.4, -0.2) is 15.0 Å². The molecule has 4 nitrogen and oxygen atoms in total. The molecule has 0 bridgehead atoms. The minimum atomic E-state index is -3.41. The largest absolute Gasteiger partial charge is 0.399 e. The molecule has 0 aromatic heterocycles. The normalized spacial score (nSPS) is 12.0. The van der Waals surface area contributed by atoms with Gasteiger partial charge in [-0.15, -0.1) is 0 Å². The fraction of sp³-hybridized carbons (Fsp3) is 0.538. The Morgan fingerprint density at radius 1 is 1.33 bits per heavy atom. The van der Waals surface area contributed by atoms with Crippen molar-refractivity contribution in [1.29, 1.82) is 0 Å². The maximum atomic E-state index is 12.1. The molecule has 102 valence electrons. The van der Waals surface area contributed by atoms with Crippen LogP contribution in [0.4, 0.5) is 5.69 Å². The zero-order valence-corrected chi connectivity index (χ0v) is 12.0. The first-order chi connectivity index (χ1) is 8.33. The average Bonchev–Trinajstić information content (AvgIpc) is 2.23. The van der Waals surface area contributed by atoms with E-state index in [-0.39, 0.29) is 0 Å². The van der Waals surface area contributed by atoms with E-state index in [9.17, 15) is 8.42 Å². The first-order valence-electron chi connectivity index (χ1n) is 6.18. The van der Waals surface area contributed by atoms with E-state index in [1.54, 1.807) is 25.1 Å². The van der Waals surface area contributed by atoms with Gasteiger partial charge in [-0.1, -0.05) is 13.8 Å². The molecule has 0 spiro atoms. The van der Waals surface area contributed by atoms with Crippen molar-refractivity contribution in [3.8, 4) is 0 Å². The van der Waals surface area contributed by atoms with Crippen molar-refractivity contribution in [3.05, 3.63) is 23.8 Å². The van der Waals surface area contributed by atoms with Crippen molar-refractivity contribution in [2.45, 2.75) is 38.5 Å². The van der Waals surface area contributed by atoms with Gasteiger partial charge in [0.2, 0.25) is 10.0 Å². The highest BCUT2D eigenvalue weighted by molar-refractivity contribution is 7.89. The molecule has 0 aliphatic heterocycles. The van der Waals surface area contributed by atoms with Gasteiger partial charge < -0.3 is 5.73 Å². The van der Waals surface area contributed by atoms with Crippen molar-refractivity contribution in [1.82, 2.24) is 4.72 Å². The number of sulfonamides is 1. The predicted molar refractivity (Wildman–Crippen MR) is 74.9 cm³/mol. The SMILES string of the molecule is Cc1cc(N)ccc1S(=O)(=O)NCCCC(C)C. The van der Waals surface area contributed by atoms with E-state index in [0.29, 0.717) is 28.6 Å². The van der Waals surface area contributed by atoms with Gasteiger partial charge in [0.1, 0.15) is 0 Å². The van der Waals surface area contributed by atoms with E-state index in [4.69, 9.17) is 5.73 Å². The van der Waals surface area contributed by atoms with Crippen LogP contribution < -0.4 is 10.5 Å². The summed E-state index contributed by atoms with van der Waals surface area (Å²) in [6.45, 7) is 6.47. The molecule has 0 saturated heterocycles. The maximum absolute atomic E-state index is 12.1. The number of hydrogen-bond acceptors (Lipinski definition) is 3. The smallest absolute Gasteiger partial charge is 0.240 e. The third kappa shape index (κ3) is 4.31. The number of nitrogens with one attached hydrogen (secondary N) is 1. The third-order valence-electron chi connectivity index (χ3n) is 2.74. The molecule has 0 fully saturated rings. The molecule has 0 atom stereocenters. The van der Waals surface area contributed by atoms with Crippen LogP contribution in [0.2, 0.25) is 0 Å². The molecule has 0 radical (unpaired) electrons. The molecule has 1 aromatic rings. The van der Waals surface area contributed by atoms with E-state index in [2.05, 4.69) is 18.6 Å². The average molecular weight is 270 g/mol. The molecular weight excluding hydrogens is 248 g/mol. The highest BCUT2D eigenvalue weighted by atomic mass is 32.2. The zero-order valence-electron chi connectivity index (χ0n) is 11.2. The van der Waals surface area contributed by atoms with Gasteiger partial charge in [-0.25, -0.2) is 13.1 Å². The first kappa shape index (κ1) is 15.0. The molecule has 0 aliphatic carbocycles. The summed E-state index contributed by atoms with van der Waals surface area (Å²) in [7, 11) is -3.41. The minimum absolute atomic E-state index is 0.307. The number of nitrogen functional groups attached to an aromatic ring is 1. The van der Waals surface area contributed by atoms with Crippen LogP contribution in [0.1, 0.15) is 32.3 Å². The van der Waals surface area contributed by atoms with Crippen LogP contribution in [0.15, 0.2) is 23.1 Å². The summed E-state index contributed by atoms with van der Waals surface area (Å²) in [5, 5.41) is 0. The van der Waals surface area contributed by atoms with Gasteiger partial charge in [0, 0.05) is 12.2 Å². The van der Waals surface area contributed by atoms with E-state index in [0.717, 1.165) is 12.8 Å². The summed E-state index contributed by atoms with van der Waals surface area (Å²) in [5.74, 6) is 0.591. The molecule has 0 unspecified atom stereocenters. The van der Waals surface area contributed by atoms with E-state index in [1.165, 1.54) is 0 Å². The van der Waals surface area contributed by atoms with Crippen LogP contribution in [0.3, 0.4) is 0 Å². The molecule has 0 heterocycles. The highest BCUT2D eigenvalue weighted by Gasteiger charge is 2.15. The Morgan fingerprint density at radius 3 is 2.56 bits per heavy atom. The topological polar surface area (TPSA) is 72.2 Å². The van der Waals surface area contributed by atoms with Crippen molar-refractivity contribution >= 4 is 15.7 Å². The van der Waals surface area contributed by atoms with Crippen LogP contribution in [0, 0.1) is 12.8 Å². The zero-order chi connectivity index (χ0) is 13.8. The number of aryl methyl sites for hydroxylation is 1.